The van der Waals surface area contributed by atoms with Gasteiger partial charge in [-0.3, -0.25) is 0 Å². The number of esters is 1. The van der Waals surface area contributed by atoms with E-state index in [1.165, 1.54) is 0 Å². The van der Waals surface area contributed by atoms with Crippen molar-refractivity contribution in [2.24, 2.45) is 7.05 Å². The molecular formula is C13H17NO3S. The first-order chi connectivity index (χ1) is 8.47. The second-order valence-electron chi connectivity index (χ2n) is 4.29. The van der Waals surface area contributed by atoms with Crippen molar-refractivity contribution in [2.75, 3.05) is 6.61 Å². The molecule has 0 aliphatic rings. The average Bonchev–Trinajstić information content (AvgIpc) is 2.76. The minimum absolute atomic E-state index is 0.329. The van der Waals surface area contributed by atoms with E-state index < -0.39 is 6.10 Å². The van der Waals surface area contributed by atoms with Gasteiger partial charge in [0.1, 0.15) is 5.69 Å². The molecule has 5 heteroatoms. The van der Waals surface area contributed by atoms with Gasteiger partial charge in [-0.15, -0.1) is 11.3 Å². The second-order valence-corrected chi connectivity index (χ2v) is 5.55. The lowest BCUT2D eigenvalue weighted by atomic mass is 10.1. The number of hydrogen-bond acceptors (Lipinski definition) is 4. The van der Waals surface area contributed by atoms with Gasteiger partial charge in [0.05, 0.1) is 22.9 Å². The highest BCUT2D eigenvalue weighted by molar-refractivity contribution is 7.19. The van der Waals surface area contributed by atoms with E-state index in [1.807, 2.05) is 20.0 Å². The van der Waals surface area contributed by atoms with Crippen LogP contribution >= 0.6 is 11.3 Å². The molecule has 0 aliphatic heterocycles. The monoisotopic (exact) mass is 267 g/mol. The smallest absolute Gasteiger partial charge is 0.355 e. The number of rotatable bonds is 3. The predicted molar refractivity (Wildman–Crippen MR) is 72.1 cm³/mol. The average molecular weight is 267 g/mol. The van der Waals surface area contributed by atoms with E-state index in [0.717, 1.165) is 15.1 Å². The van der Waals surface area contributed by atoms with Gasteiger partial charge in [-0.25, -0.2) is 4.79 Å². The lowest BCUT2D eigenvalue weighted by Crippen LogP contribution is -2.13. The Kier molecular flexibility index (Phi) is 3.45. The van der Waals surface area contributed by atoms with Crippen molar-refractivity contribution in [2.45, 2.75) is 26.9 Å². The van der Waals surface area contributed by atoms with Crippen LogP contribution in [0.5, 0.6) is 0 Å². The third kappa shape index (κ3) is 1.93. The molecule has 0 fully saturated rings. The number of aromatic nitrogens is 1. The minimum Gasteiger partial charge on any atom is -0.461 e. The van der Waals surface area contributed by atoms with Crippen molar-refractivity contribution >= 4 is 27.5 Å². The van der Waals surface area contributed by atoms with Crippen molar-refractivity contribution in [1.82, 2.24) is 4.57 Å². The van der Waals surface area contributed by atoms with Gasteiger partial charge in [-0.1, -0.05) is 0 Å². The molecule has 0 aromatic carbocycles. The second kappa shape index (κ2) is 4.74. The summed E-state index contributed by atoms with van der Waals surface area (Å²) in [5, 5.41) is 9.93. The maximum Gasteiger partial charge on any atom is 0.355 e. The highest BCUT2D eigenvalue weighted by Crippen LogP contribution is 2.36. The fraction of sp³-hybridized carbons (Fsp3) is 0.462. The maximum absolute atomic E-state index is 12.0. The summed E-state index contributed by atoms with van der Waals surface area (Å²) in [4.78, 5) is 13.2. The van der Waals surface area contributed by atoms with Gasteiger partial charge >= 0.3 is 5.97 Å². The minimum atomic E-state index is -0.689. The van der Waals surface area contributed by atoms with Gasteiger partial charge in [0, 0.05) is 17.5 Å². The van der Waals surface area contributed by atoms with Crippen molar-refractivity contribution in [3.63, 3.8) is 0 Å². The van der Waals surface area contributed by atoms with E-state index in [4.69, 9.17) is 4.74 Å². The van der Waals surface area contributed by atoms with Crippen LogP contribution in [-0.2, 0) is 11.8 Å². The zero-order valence-electron chi connectivity index (χ0n) is 11.0. The van der Waals surface area contributed by atoms with Crippen LogP contribution in [0.3, 0.4) is 0 Å². The van der Waals surface area contributed by atoms with Crippen LogP contribution in [0.4, 0.5) is 0 Å². The van der Waals surface area contributed by atoms with Crippen LogP contribution < -0.4 is 0 Å². The summed E-state index contributed by atoms with van der Waals surface area (Å²) < 4.78 is 7.83. The molecule has 2 aromatic heterocycles. The maximum atomic E-state index is 12.0. The molecule has 2 rings (SSSR count). The van der Waals surface area contributed by atoms with Crippen molar-refractivity contribution in [3.8, 4) is 0 Å². The highest BCUT2D eigenvalue weighted by atomic mass is 32.1. The van der Waals surface area contributed by atoms with Crippen LogP contribution in [0, 0.1) is 6.92 Å². The molecule has 1 atom stereocenters. The van der Waals surface area contributed by atoms with Gasteiger partial charge < -0.3 is 14.4 Å². The number of fused-ring (bicyclic) bond motifs is 1. The summed E-state index contributed by atoms with van der Waals surface area (Å²) in [5.74, 6) is -0.378. The molecule has 98 valence electrons. The third-order valence-corrected chi connectivity index (χ3v) is 3.99. The van der Waals surface area contributed by atoms with Gasteiger partial charge in [-0.2, -0.15) is 0 Å². The quantitative estimate of drug-likeness (QED) is 0.870. The van der Waals surface area contributed by atoms with Gasteiger partial charge in [-0.05, 0) is 26.8 Å². The summed E-state index contributed by atoms with van der Waals surface area (Å²) in [5.41, 5.74) is 2.09. The Morgan fingerprint density at radius 1 is 1.61 bits per heavy atom. The van der Waals surface area contributed by atoms with Crippen molar-refractivity contribution in [1.29, 1.82) is 0 Å². The standard InChI is InChI=1S/C13H17NO3S/c1-5-17-13(16)11-10(8(3)15)12-9(14(11)4)6-7(2)18-12/h6,8,15H,5H2,1-4H3. The molecule has 0 saturated carbocycles. The molecular weight excluding hydrogens is 250 g/mol. The first-order valence-electron chi connectivity index (χ1n) is 5.91. The van der Waals surface area contributed by atoms with E-state index in [1.54, 1.807) is 29.8 Å². The molecule has 0 spiro atoms. The number of ether oxygens (including phenoxy) is 1. The Bertz CT molecular complexity index is 595. The lowest BCUT2D eigenvalue weighted by Gasteiger charge is -2.09. The summed E-state index contributed by atoms with van der Waals surface area (Å²) >= 11 is 1.59. The van der Waals surface area contributed by atoms with E-state index in [2.05, 4.69) is 0 Å². The number of aliphatic hydroxyl groups excluding tert-OH is 1. The topological polar surface area (TPSA) is 51.5 Å². The molecule has 0 amide bonds. The van der Waals surface area contributed by atoms with Crippen LogP contribution in [0.15, 0.2) is 6.07 Å². The summed E-state index contributed by atoms with van der Waals surface area (Å²) in [6, 6.07) is 2.02. The Hall–Kier alpha value is -1.33. The summed E-state index contributed by atoms with van der Waals surface area (Å²) in [6.07, 6.45) is -0.689. The number of thiophene rings is 1. The zero-order valence-corrected chi connectivity index (χ0v) is 11.8. The van der Waals surface area contributed by atoms with E-state index >= 15 is 0 Å². The van der Waals surface area contributed by atoms with Crippen molar-refractivity contribution < 1.29 is 14.6 Å². The molecule has 1 N–H and O–H groups in total. The highest BCUT2D eigenvalue weighted by Gasteiger charge is 2.26. The summed E-state index contributed by atoms with van der Waals surface area (Å²) in [7, 11) is 1.83. The predicted octanol–water partition coefficient (Wildman–Crippen LogP) is 2.78. The van der Waals surface area contributed by atoms with Gasteiger partial charge in [0.15, 0.2) is 0 Å². The van der Waals surface area contributed by atoms with Gasteiger partial charge in [0.2, 0.25) is 0 Å². The third-order valence-electron chi connectivity index (χ3n) is 2.92. The van der Waals surface area contributed by atoms with Crippen LogP contribution in [0.25, 0.3) is 10.2 Å². The van der Waals surface area contributed by atoms with Gasteiger partial charge in [0.25, 0.3) is 0 Å². The largest absolute Gasteiger partial charge is 0.461 e. The molecule has 0 radical (unpaired) electrons. The number of hydrogen-bond donors (Lipinski definition) is 1. The molecule has 4 nitrogen and oxygen atoms in total. The Morgan fingerprint density at radius 3 is 2.83 bits per heavy atom. The fourth-order valence-electron chi connectivity index (χ4n) is 2.19. The van der Waals surface area contributed by atoms with E-state index in [0.29, 0.717) is 17.9 Å². The van der Waals surface area contributed by atoms with E-state index in [9.17, 15) is 9.90 Å². The molecule has 0 aliphatic carbocycles. The van der Waals surface area contributed by atoms with E-state index in [-0.39, 0.29) is 5.97 Å². The lowest BCUT2D eigenvalue weighted by molar-refractivity contribution is 0.0509. The Labute approximate surface area is 110 Å². The Balaban J connectivity index is 2.71. The fourth-order valence-corrected chi connectivity index (χ4v) is 3.36. The summed E-state index contributed by atoms with van der Waals surface area (Å²) in [6.45, 7) is 5.79. The first-order valence-corrected chi connectivity index (χ1v) is 6.72. The first kappa shape index (κ1) is 13.1. The van der Waals surface area contributed by atoms with Crippen LogP contribution in [-0.4, -0.2) is 22.2 Å². The SMILES string of the molecule is CCOC(=O)c1c(C(C)O)c2sc(C)cc2n1C. The Morgan fingerprint density at radius 2 is 2.28 bits per heavy atom. The number of aliphatic hydroxyl groups is 1. The molecule has 0 bridgehead atoms. The number of aryl methyl sites for hydroxylation is 2. The molecule has 2 heterocycles. The molecule has 0 saturated heterocycles. The normalized spacial score (nSPS) is 12.9. The molecule has 1 unspecified atom stereocenters. The number of carbonyl (C=O) groups excluding carboxylic acids is 1. The van der Waals surface area contributed by atoms with Crippen molar-refractivity contribution in [3.05, 3.63) is 22.2 Å². The number of carbonyl (C=O) groups is 1. The van der Waals surface area contributed by atoms with Crippen LogP contribution in [0.1, 0.15) is 40.9 Å². The van der Waals surface area contributed by atoms with Crippen LogP contribution in [0.2, 0.25) is 0 Å². The molecule has 2 aromatic rings. The zero-order chi connectivity index (χ0) is 13.4. The number of nitrogens with zero attached hydrogens (tertiary/aromatic N) is 1. The molecule has 18 heavy (non-hydrogen) atoms.